The molecule has 3 heteroatoms. The molecule has 53 valence electrons. The highest BCUT2D eigenvalue weighted by Gasteiger charge is 2.02. The van der Waals surface area contributed by atoms with Crippen molar-refractivity contribution in [1.82, 2.24) is 0 Å². The summed E-state index contributed by atoms with van der Waals surface area (Å²) in [6.07, 6.45) is 0. The number of ether oxygens (including phenoxy) is 1. The Morgan fingerprint density at radius 1 is 1.50 bits per heavy atom. The van der Waals surface area contributed by atoms with E-state index in [1.165, 1.54) is 7.11 Å². The monoisotopic (exact) mass is 175 g/mol. The van der Waals surface area contributed by atoms with E-state index in [1.807, 2.05) is 0 Å². The van der Waals surface area contributed by atoms with Gasteiger partial charge in [0.25, 0.3) is 0 Å². The standard InChI is InChI=1S/C7H5Cl2O/c1-10-6-4-2-3-5(8)7(6)9/h2,4H,1H3. The van der Waals surface area contributed by atoms with Gasteiger partial charge in [0, 0.05) is 6.07 Å². The molecule has 0 atom stereocenters. The fourth-order valence-corrected chi connectivity index (χ4v) is 0.944. The molecule has 0 unspecified atom stereocenters. The number of methoxy groups -OCH3 is 1. The van der Waals surface area contributed by atoms with E-state index in [0.29, 0.717) is 15.8 Å². The van der Waals surface area contributed by atoms with Gasteiger partial charge in [-0.1, -0.05) is 23.2 Å². The third kappa shape index (κ3) is 1.36. The molecule has 10 heavy (non-hydrogen) atoms. The Hall–Kier alpha value is -0.400. The molecule has 0 amide bonds. The van der Waals surface area contributed by atoms with Crippen LogP contribution in [0.4, 0.5) is 0 Å². The molecule has 1 nitrogen and oxygen atoms in total. The van der Waals surface area contributed by atoms with E-state index in [1.54, 1.807) is 12.1 Å². The van der Waals surface area contributed by atoms with Gasteiger partial charge in [0.1, 0.15) is 10.8 Å². The van der Waals surface area contributed by atoms with Crippen LogP contribution >= 0.6 is 23.2 Å². The van der Waals surface area contributed by atoms with Gasteiger partial charge >= 0.3 is 0 Å². The number of benzene rings is 1. The zero-order valence-corrected chi connectivity index (χ0v) is 6.83. The highest BCUT2D eigenvalue weighted by molar-refractivity contribution is 6.42. The maximum absolute atomic E-state index is 5.71. The number of hydrogen-bond donors (Lipinski definition) is 0. The van der Waals surface area contributed by atoms with Crippen molar-refractivity contribution >= 4 is 23.2 Å². The molecule has 1 rings (SSSR count). The van der Waals surface area contributed by atoms with Crippen molar-refractivity contribution in [1.29, 1.82) is 0 Å². The second kappa shape index (κ2) is 3.13. The molecule has 0 spiro atoms. The summed E-state index contributed by atoms with van der Waals surface area (Å²) in [6, 6.07) is 6.09. The van der Waals surface area contributed by atoms with E-state index in [2.05, 4.69) is 6.07 Å². The Bertz CT molecular complexity index is 235. The Morgan fingerprint density at radius 2 is 2.20 bits per heavy atom. The third-order valence-corrected chi connectivity index (χ3v) is 1.84. The van der Waals surface area contributed by atoms with Crippen LogP contribution in [0.2, 0.25) is 10.0 Å². The molecule has 1 aromatic carbocycles. The lowest BCUT2D eigenvalue weighted by atomic mass is 10.3. The molecule has 0 aliphatic rings. The molecule has 0 bridgehead atoms. The van der Waals surface area contributed by atoms with Crippen molar-refractivity contribution in [2.24, 2.45) is 0 Å². The molecule has 0 aliphatic carbocycles. The van der Waals surface area contributed by atoms with Crippen LogP contribution in [0.3, 0.4) is 0 Å². The molecule has 1 aromatic rings. The fourth-order valence-electron chi connectivity index (χ4n) is 0.593. The Kier molecular flexibility index (Phi) is 2.41. The quantitative estimate of drug-likeness (QED) is 0.639. The number of hydrogen-bond acceptors (Lipinski definition) is 1. The van der Waals surface area contributed by atoms with Gasteiger partial charge in [-0.25, -0.2) is 0 Å². The molecule has 0 aliphatic heterocycles. The molecular formula is C7H5Cl2O. The maximum atomic E-state index is 5.71. The second-order valence-electron chi connectivity index (χ2n) is 1.67. The normalized spacial score (nSPS) is 9.50. The van der Waals surface area contributed by atoms with E-state index < -0.39 is 0 Å². The van der Waals surface area contributed by atoms with E-state index in [-0.39, 0.29) is 0 Å². The first-order valence-electron chi connectivity index (χ1n) is 2.65. The van der Waals surface area contributed by atoms with E-state index in [0.717, 1.165) is 0 Å². The minimum absolute atomic E-state index is 0.390. The lowest BCUT2D eigenvalue weighted by Gasteiger charge is -2.01. The van der Waals surface area contributed by atoms with Crippen molar-refractivity contribution in [3.05, 3.63) is 28.2 Å². The lowest BCUT2D eigenvalue weighted by Crippen LogP contribution is -1.83. The SMILES string of the molecule is COc1cc[c]c(Cl)c1Cl. The van der Waals surface area contributed by atoms with Gasteiger partial charge in [-0.2, -0.15) is 0 Å². The minimum atomic E-state index is 0.390. The second-order valence-corrected chi connectivity index (χ2v) is 2.43. The summed E-state index contributed by atoms with van der Waals surface area (Å²) in [6.45, 7) is 0. The summed E-state index contributed by atoms with van der Waals surface area (Å²) in [4.78, 5) is 0. The average molecular weight is 176 g/mol. The van der Waals surface area contributed by atoms with Crippen molar-refractivity contribution in [2.45, 2.75) is 0 Å². The summed E-state index contributed by atoms with van der Waals surface area (Å²) in [5, 5.41) is 0.799. The Morgan fingerprint density at radius 3 is 2.70 bits per heavy atom. The van der Waals surface area contributed by atoms with Crippen LogP contribution in [0, 0.1) is 6.07 Å². The third-order valence-electron chi connectivity index (χ3n) is 1.07. The van der Waals surface area contributed by atoms with Crippen LogP contribution in [-0.2, 0) is 0 Å². The largest absolute Gasteiger partial charge is 0.495 e. The van der Waals surface area contributed by atoms with Crippen molar-refractivity contribution in [3.63, 3.8) is 0 Å². The molecule has 0 fully saturated rings. The average Bonchev–Trinajstić information content (AvgIpc) is 1.95. The summed E-state index contributed by atoms with van der Waals surface area (Å²) in [5.41, 5.74) is 0. The molecule has 0 N–H and O–H groups in total. The maximum Gasteiger partial charge on any atom is 0.139 e. The Labute approximate surface area is 69.5 Å². The van der Waals surface area contributed by atoms with Crippen LogP contribution in [0.25, 0.3) is 0 Å². The van der Waals surface area contributed by atoms with E-state index in [9.17, 15) is 0 Å². The van der Waals surface area contributed by atoms with Gasteiger partial charge in [-0.3, -0.25) is 0 Å². The highest BCUT2D eigenvalue weighted by atomic mass is 35.5. The molecule has 0 saturated carbocycles. The molecule has 0 aromatic heterocycles. The highest BCUT2D eigenvalue weighted by Crippen LogP contribution is 2.30. The number of rotatable bonds is 1. The van der Waals surface area contributed by atoms with Crippen LogP contribution in [0.15, 0.2) is 12.1 Å². The minimum Gasteiger partial charge on any atom is -0.495 e. The van der Waals surface area contributed by atoms with Gasteiger partial charge in [-0.15, -0.1) is 0 Å². The van der Waals surface area contributed by atoms with Crippen molar-refractivity contribution < 1.29 is 4.74 Å². The predicted octanol–water partition coefficient (Wildman–Crippen LogP) is 2.80. The van der Waals surface area contributed by atoms with Gasteiger partial charge in [-0.05, 0) is 12.1 Å². The van der Waals surface area contributed by atoms with Gasteiger partial charge < -0.3 is 4.74 Å². The fraction of sp³-hybridized carbons (Fsp3) is 0.143. The summed E-state index contributed by atoms with van der Waals surface area (Å²) in [7, 11) is 1.54. The Balaban J connectivity index is 3.14. The smallest absolute Gasteiger partial charge is 0.139 e. The van der Waals surface area contributed by atoms with Crippen LogP contribution in [0.5, 0.6) is 5.75 Å². The van der Waals surface area contributed by atoms with E-state index in [4.69, 9.17) is 27.9 Å². The zero-order chi connectivity index (χ0) is 7.56. The topological polar surface area (TPSA) is 9.23 Å². The molecular weight excluding hydrogens is 171 g/mol. The van der Waals surface area contributed by atoms with E-state index >= 15 is 0 Å². The molecule has 0 saturated heterocycles. The first-order valence-corrected chi connectivity index (χ1v) is 3.41. The van der Waals surface area contributed by atoms with Crippen LogP contribution in [-0.4, -0.2) is 7.11 Å². The zero-order valence-electron chi connectivity index (χ0n) is 5.32. The lowest BCUT2D eigenvalue weighted by molar-refractivity contribution is 0.415. The summed E-state index contributed by atoms with van der Waals surface area (Å²) < 4.78 is 4.89. The van der Waals surface area contributed by atoms with Gasteiger partial charge in [0.15, 0.2) is 0 Å². The predicted molar refractivity (Wildman–Crippen MR) is 41.9 cm³/mol. The van der Waals surface area contributed by atoms with Crippen molar-refractivity contribution in [3.8, 4) is 5.75 Å². The van der Waals surface area contributed by atoms with Crippen molar-refractivity contribution in [2.75, 3.05) is 7.11 Å². The first kappa shape index (κ1) is 7.70. The van der Waals surface area contributed by atoms with Crippen LogP contribution < -0.4 is 4.74 Å². The van der Waals surface area contributed by atoms with Gasteiger partial charge in [0.05, 0.1) is 12.1 Å². The van der Waals surface area contributed by atoms with Gasteiger partial charge in [0.2, 0.25) is 0 Å². The molecule has 0 heterocycles. The van der Waals surface area contributed by atoms with Crippen LogP contribution in [0.1, 0.15) is 0 Å². The summed E-state index contributed by atoms with van der Waals surface area (Å²) >= 11 is 11.3. The first-order chi connectivity index (χ1) is 4.75. The molecule has 1 radical (unpaired) electrons. The number of halogens is 2. The summed E-state index contributed by atoms with van der Waals surface area (Å²) in [5.74, 6) is 0.574.